The van der Waals surface area contributed by atoms with Crippen molar-refractivity contribution in [1.82, 2.24) is 15.0 Å². The van der Waals surface area contributed by atoms with Gasteiger partial charge in [0.15, 0.2) is 0 Å². The molecule has 3 rings (SSSR count). The van der Waals surface area contributed by atoms with Crippen molar-refractivity contribution in [3.05, 3.63) is 58.3 Å². The summed E-state index contributed by atoms with van der Waals surface area (Å²) >= 11 is 0. The average molecular weight is 268 g/mol. The molecule has 100 valence electrons. The third-order valence-electron chi connectivity index (χ3n) is 2.99. The Bertz CT molecular complexity index is 848. The molecule has 2 aromatic heterocycles. The molecule has 0 fully saturated rings. The minimum absolute atomic E-state index is 0.227. The molecule has 1 amide bonds. The summed E-state index contributed by atoms with van der Waals surface area (Å²) < 4.78 is 0. The topological polar surface area (TPSA) is 90.6 Å². The number of nitrogens with one attached hydrogen (secondary N) is 3. The maximum absolute atomic E-state index is 12.1. The number of amides is 1. The number of hydrogen-bond acceptors (Lipinski definition) is 3. The number of aryl methyl sites for hydroxylation is 1. The maximum atomic E-state index is 12.1. The highest BCUT2D eigenvalue weighted by molar-refractivity contribution is 6.05. The van der Waals surface area contributed by atoms with Gasteiger partial charge >= 0.3 is 0 Å². The second-order valence-corrected chi connectivity index (χ2v) is 4.47. The molecule has 3 aromatic rings. The standard InChI is InChI=1S/C14H12N4O2/c1-8-2-4-11(14(20)17-8)18-13(19)9-3-5-10-12(6-9)16-7-15-10/h2-7H,1H3,(H,15,16)(H,17,20)(H,18,19). The van der Waals surface area contributed by atoms with Gasteiger partial charge < -0.3 is 15.3 Å². The molecule has 0 spiro atoms. The summed E-state index contributed by atoms with van der Waals surface area (Å²) in [4.78, 5) is 33.5. The average Bonchev–Trinajstić information content (AvgIpc) is 2.89. The number of pyridine rings is 1. The van der Waals surface area contributed by atoms with Crippen LogP contribution in [0.3, 0.4) is 0 Å². The van der Waals surface area contributed by atoms with Crippen LogP contribution >= 0.6 is 0 Å². The zero-order valence-corrected chi connectivity index (χ0v) is 10.7. The van der Waals surface area contributed by atoms with Crippen LogP contribution in [0.1, 0.15) is 16.1 Å². The molecule has 0 aliphatic heterocycles. The lowest BCUT2D eigenvalue weighted by Gasteiger charge is -2.05. The molecule has 1 aromatic carbocycles. The van der Waals surface area contributed by atoms with Gasteiger partial charge in [-0.25, -0.2) is 4.98 Å². The van der Waals surface area contributed by atoms with E-state index in [0.29, 0.717) is 5.56 Å². The molecule has 0 radical (unpaired) electrons. The van der Waals surface area contributed by atoms with Gasteiger partial charge in [-0.15, -0.1) is 0 Å². The van der Waals surface area contributed by atoms with Crippen LogP contribution in [-0.4, -0.2) is 20.9 Å². The molecule has 0 atom stereocenters. The van der Waals surface area contributed by atoms with Gasteiger partial charge in [0, 0.05) is 11.3 Å². The van der Waals surface area contributed by atoms with Crippen molar-refractivity contribution in [1.29, 1.82) is 0 Å². The minimum Gasteiger partial charge on any atom is -0.345 e. The smallest absolute Gasteiger partial charge is 0.271 e. The summed E-state index contributed by atoms with van der Waals surface area (Å²) in [5.74, 6) is -0.337. The molecule has 0 bridgehead atoms. The van der Waals surface area contributed by atoms with Gasteiger partial charge in [0.2, 0.25) is 0 Å². The van der Waals surface area contributed by atoms with Crippen LogP contribution in [0.2, 0.25) is 0 Å². The van der Waals surface area contributed by atoms with E-state index in [2.05, 4.69) is 20.3 Å². The number of H-pyrrole nitrogens is 2. The summed E-state index contributed by atoms with van der Waals surface area (Å²) in [5, 5.41) is 2.59. The van der Waals surface area contributed by atoms with Crippen LogP contribution in [0.15, 0.2) is 41.5 Å². The van der Waals surface area contributed by atoms with Gasteiger partial charge in [-0.05, 0) is 37.3 Å². The predicted octanol–water partition coefficient (Wildman–Crippen LogP) is 1.81. The Hall–Kier alpha value is -2.89. The van der Waals surface area contributed by atoms with E-state index in [0.717, 1.165) is 16.7 Å². The molecule has 0 saturated heterocycles. The molecular formula is C14H12N4O2. The van der Waals surface area contributed by atoms with E-state index < -0.39 is 0 Å². The molecule has 0 aliphatic rings. The monoisotopic (exact) mass is 268 g/mol. The van der Waals surface area contributed by atoms with Crippen molar-refractivity contribution >= 4 is 22.6 Å². The first-order valence-electron chi connectivity index (χ1n) is 6.08. The molecule has 0 unspecified atom stereocenters. The lowest BCUT2D eigenvalue weighted by atomic mass is 10.2. The van der Waals surface area contributed by atoms with Crippen molar-refractivity contribution in [3.8, 4) is 0 Å². The van der Waals surface area contributed by atoms with Crippen LogP contribution in [0.25, 0.3) is 11.0 Å². The van der Waals surface area contributed by atoms with Crippen molar-refractivity contribution in [3.63, 3.8) is 0 Å². The Balaban J connectivity index is 1.90. The fraction of sp³-hybridized carbons (Fsp3) is 0.0714. The van der Waals surface area contributed by atoms with Gasteiger partial charge in [0.1, 0.15) is 5.69 Å². The molecule has 3 N–H and O–H groups in total. The first-order chi connectivity index (χ1) is 9.63. The van der Waals surface area contributed by atoms with Crippen molar-refractivity contribution in [2.45, 2.75) is 6.92 Å². The summed E-state index contributed by atoms with van der Waals surface area (Å²) in [6, 6.07) is 8.43. The quantitative estimate of drug-likeness (QED) is 0.662. The van der Waals surface area contributed by atoms with E-state index in [1.807, 2.05) is 0 Å². The van der Waals surface area contributed by atoms with E-state index in [1.165, 1.54) is 0 Å². The first-order valence-corrected chi connectivity index (χ1v) is 6.08. The predicted molar refractivity (Wildman–Crippen MR) is 75.8 cm³/mol. The van der Waals surface area contributed by atoms with Gasteiger partial charge in [-0.2, -0.15) is 0 Å². The minimum atomic E-state index is -0.337. The zero-order chi connectivity index (χ0) is 14.1. The zero-order valence-electron chi connectivity index (χ0n) is 10.7. The lowest BCUT2D eigenvalue weighted by molar-refractivity contribution is 0.102. The van der Waals surface area contributed by atoms with E-state index in [4.69, 9.17) is 0 Å². The maximum Gasteiger partial charge on any atom is 0.271 e. The molecule has 20 heavy (non-hydrogen) atoms. The summed E-state index contributed by atoms with van der Waals surface area (Å²) in [7, 11) is 0. The van der Waals surface area contributed by atoms with E-state index in [1.54, 1.807) is 43.6 Å². The third-order valence-corrected chi connectivity index (χ3v) is 2.99. The number of carbonyl (C=O) groups excluding carboxylic acids is 1. The third kappa shape index (κ3) is 2.18. The van der Waals surface area contributed by atoms with E-state index in [9.17, 15) is 9.59 Å². The van der Waals surface area contributed by atoms with E-state index >= 15 is 0 Å². The molecule has 6 heteroatoms. The SMILES string of the molecule is Cc1ccc(NC(=O)c2ccc3nc[nH]c3c2)c(=O)[nH]1. The highest BCUT2D eigenvalue weighted by Crippen LogP contribution is 2.12. The van der Waals surface area contributed by atoms with Crippen LogP contribution in [0, 0.1) is 6.92 Å². The lowest BCUT2D eigenvalue weighted by Crippen LogP contribution is -2.20. The molecular weight excluding hydrogens is 256 g/mol. The Kier molecular flexibility index (Phi) is 2.83. The van der Waals surface area contributed by atoms with Crippen molar-refractivity contribution < 1.29 is 4.79 Å². The van der Waals surface area contributed by atoms with Gasteiger partial charge in [0.05, 0.1) is 17.4 Å². The van der Waals surface area contributed by atoms with Crippen LogP contribution in [0.5, 0.6) is 0 Å². The van der Waals surface area contributed by atoms with Crippen LogP contribution in [0.4, 0.5) is 5.69 Å². The van der Waals surface area contributed by atoms with Crippen LogP contribution in [-0.2, 0) is 0 Å². The Morgan fingerprint density at radius 3 is 2.90 bits per heavy atom. The number of fused-ring (bicyclic) bond motifs is 1. The van der Waals surface area contributed by atoms with Gasteiger partial charge in [0.25, 0.3) is 11.5 Å². The number of aromatic amines is 2. The molecule has 6 nitrogen and oxygen atoms in total. The van der Waals surface area contributed by atoms with Gasteiger partial charge in [-0.1, -0.05) is 0 Å². The molecule has 0 aliphatic carbocycles. The number of rotatable bonds is 2. The number of anilines is 1. The summed E-state index contributed by atoms with van der Waals surface area (Å²) in [6.45, 7) is 1.78. The molecule has 0 saturated carbocycles. The normalized spacial score (nSPS) is 10.7. The number of benzene rings is 1. The fourth-order valence-electron chi connectivity index (χ4n) is 1.94. The largest absolute Gasteiger partial charge is 0.345 e. The number of nitrogens with zero attached hydrogens (tertiary/aromatic N) is 1. The Morgan fingerprint density at radius 2 is 2.10 bits per heavy atom. The van der Waals surface area contributed by atoms with E-state index in [-0.39, 0.29) is 17.2 Å². The number of imidazole rings is 1. The highest BCUT2D eigenvalue weighted by Gasteiger charge is 2.09. The second-order valence-electron chi connectivity index (χ2n) is 4.47. The molecule has 2 heterocycles. The number of aromatic nitrogens is 3. The first kappa shape index (κ1) is 12.2. The Morgan fingerprint density at radius 1 is 1.25 bits per heavy atom. The number of carbonyl (C=O) groups is 1. The number of hydrogen-bond donors (Lipinski definition) is 3. The van der Waals surface area contributed by atoms with Crippen LogP contribution < -0.4 is 10.9 Å². The van der Waals surface area contributed by atoms with Crippen molar-refractivity contribution in [2.24, 2.45) is 0 Å². The Labute approximate surface area is 113 Å². The van der Waals surface area contributed by atoms with Gasteiger partial charge in [-0.3, -0.25) is 9.59 Å². The summed E-state index contributed by atoms with van der Waals surface area (Å²) in [5.41, 5.74) is 2.67. The summed E-state index contributed by atoms with van der Waals surface area (Å²) in [6.07, 6.45) is 1.57. The fourth-order valence-corrected chi connectivity index (χ4v) is 1.94. The van der Waals surface area contributed by atoms with Crippen molar-refractivity contribution in [2.75, 3.05) is 5.32 Å². The highest BCUT2D eigenvalue weighted by atomic mass is 16.2. The second kappa shape index (κ2) is 4.65.